The fourth-order valence-electron chi connectivity index (χ4n) is 1.52. The molecule has 0 bridgehead atoms. The smallest absolute Gasteiger partial charge is 0.313 e. The van der Waals surface area contributed by atoms with Gasteiger partial charge in [0.1, 0.15) is 5.82 Å². The number of hydrogen-bond acceptors (Lipinski definition) is 4. The van der Waals surface area contributed by atoms with Gasteiger partial charge in [0.2, 0.25) is 0 Å². The number of nitrogens with zero attached hydrogens (tertiary/aromatic N) is 3. The van der Waals surface area contributed by atoms with Gasteiger partial charge in [0.15, 0.2) is 5.16 Å². The van der Waals surface area contributed by atoms with Gasteiger partial charge in [-0.1, -0.05) is 25.6 Å². The zero-order valence-corrected chi connectivity index (χ0v) is 11.5. The molecule has 0 fully saturated rings. The summed E-state index contributed by atoms with van der Waals surface area (Å²) < 4.78 is 2.06. The molecular formula is C11H19N3O2S. The maximum atomic E-state index is 10.6. The molecule has 0 aliphatic rings. The summed E-state index contributed by atoms with van der Waals surface area (Å²) in [5.74, 6) is 0.0865. The van der Waals surface area contributed by atoms with Crippen molar-refractivity contribution in [1.82, 2.24) is 14.8 Å². The van der Waals surface area contributed by atoms with Gasteiger partial charge in [-0.3, -0.25) is 4.79 Å². The molecule has 1 rings (SSSR count). The second kappa shape index (κ2) is 5.53. The van der Waals surface area contributed by atoms with Crippen LogP contribution in [0.3, 0.4) is 0 Å². The first kappa shape index (κ1) is 14.0. The van der Waals surface area contributed by atoms with Crippen LogP contribution in [0.25, 0.3) is 0 Å². The summed E-state index contributed by atoms with van der Waals surface area (Å²) in [6.45, 7) is 8.35. The van der Waals surface area contributed by atoms with Crippen LogP contribution >= 0.6 is 11.8 Å². The lowest BCUT2D eigenvalue weighted by atomic mass is 10.0. The molecular weight excluding hydrogens is 238 g/mol. The third-order valence-electron chi connectivity index (χ3n) is 2.81. The molecule has 1 N–H and O–H groups in total. The van der Waals surface area contributed by atoms with Crippen LogP contribution in [0.5, 0.6) is 0 Å². The summed E-state index contributed by atoms with van der Waals surface area (Å²) in [5, 5.41) is 17.6. The van der Waals surface area contributed by atoms with Crippen molar-refractivity contribution in [3.8, 4) is 0 Å². The van der Waals surface area contributed by atoms with Gasteiger partial charge >= 0.3 is 5.97 Å². The lowest BCUT2D eigenvalue weighted by Gasteiger charge is -2.27. The Labute approximate surface area is 106 Å². The average Bonchev–Trinajstić information content (AvgIpc) is 2.69. The largest absolute Gasteiger partial charge is 0.481 e. The van der Waals surface area contributed by atoms with E-state index in [1.807, 2.05) is 6.92 Å². The average molecular weight is 257 g/mol. The lowest BCUT2D eigenvalue weighted by molar-refractivity contribution is -0.133. The van der Waals surface area contributed by atoms with Crippen LogP contribution in [0.15, 0.2) is 5.16 Å². The third-order valence-corrected chi connectivity index (χ3v) is 3.73. The number of aromatic nitrogens is 3. The van der Waals surface area contributed by atoms with Gasteiger partial charge in [-0.05, 0) is 20.3 Å². The second-order valence-corrected chi connectivity index (χ2v) is 5.38. The van der Waals surface area contributed by atoms with Crippen LogP contribution in [-0.4, -0.2) is 31.6 Å². The van der Waals surface area contributed by atoms with Gasteiger partial charge < -0.3 is 9.67 Å². The molecule has 0 saturated heterocycles. The van der Waals surface area contributed by atoms with Gasteiger partial charge in [-0.25, -0.2) is 0 Å². The van der Waals surface area contributed by atoms with Gasteiger partial charge in [-0.2, -0.15) is 0 Å². The van der Waals surface area contributed by atoms with Crippen molar-refractivity contribution in [3.05, 3.63) is 5.82 Å². The molecule has 0 aliphatic carbocycles. The van der Waals surface area contributed by atoms with Crippen molar-refractivity contribution in [2.75, 3.05) is 5.75 Å². The third kappa shape index (κ3) is 3.21. The fraction of sp³-hybridized carbons (Fsp3) is 0.727. The van der Waals surface area contributed by atoms with Crippen molar-refractivity contribution >= 4 is 17.7 Å². The molecule has 0 aromatic carbocycles. The lowest BCUT2D eigenvalue weighted by Crippen LogP contribution is -2.28. The van der Waals surface area contributed by atoms with E-state index in [1.54, 1.807) is 0 Å². The molecule has 1 heterocycles. The summed E-state index contributed by atoms with van der Waals surface area (Å²) in [7, 11) is 0. The van der Waals surface area contributed by atoms with Gasteiger partial charge in [0, 0.05) is 12.0 Å². The molecule has 0 aliphatic heterocycles. The molecule has 96 valence electrons. The Kier molecular flexibility index (Phi) is 4.56. The van der Waals surface area contributed by atoms with E-state index < -0.39 is 5.97 Å². The number of carboxylic acids is 1. The Morgan fingerprint density at radius 1 is 1.41 bits per heavy atom. The number of carboxylic acid groups (broad SMARTS) is 1. The normalized spacial score (nSPS) is 11.8. The van der Waals surface area contributed by atoms with Crippen molar-refractivity contribution < 1.29 is 9.90 Å². The minimum atomic E-state index is -0.836. The highest BCUT2D eigenvalue weighted by Gasteiger charge is 2.25. The zero-order valence-electron chi connectivity index (χ0n) is 10.7. The molecule has 0 atom stereocenters. The number of hydrogen-bond donors (Lipinski definition) is 1. The quantitative estimate of drug-likeness (QED) is 0.791. The SMILES string of the molecule is CCc1nnc(SCC(=O)O)n1C(C)(C)CC. The molecule has 6 heteroatoms. The van der Waals surface area contributed by atoms with E-state index in [0.29, 0.717) is 5.16 Å². The van der Waals surface area contributed by atoms with Crippen molar-refractivity contribution in [2.45, 2.75) is 51.2 Å². The number of carbonyl (C=O) groups is 1. The molecule has 5 nitrogen and oxygen atoms in total. The van der Waals surface area contributed by atoms with Gasteiger partial charge in [0.25, 0.3) is 0 Å². The predicted molar refractivity (Wildman–Crippen MR) is 67.4 cm³/mol. The maximum Gasteiger partial charge on any atom is 0.313 e. The van der Waals surface area contributed by atoms with E-state index >= 15 is 0 Å². The first-order chi connectivity index (χ1) is 7.92. The molecule has 0 spiro atoms. The molecule has 0 saturated carbocycles. The Morgan fingerprint density at radius 3 is 2.53 bits per heavy atom. The summed E-state index contributed by atoms with van der Waals surface area (Å²) in [4.78, 5) is 10.6. The predicted octanol–water partition coefficient (Wildman–Crippen LogP) is 2.16. The van der Waals surface area contributed by atoms with Crippen molar-refractivity contribution in [3.63, 3.8) is 0 Å². The minimum absolute atomic E-state index is 0.0155. The monoisotopic (exact) mass is 257 g/mol. The highest BCUT2D eigenvalue weighted by Crippen LogP contribution is 2.28. The van der Waals surface area contributed by atoms with E-state index in [2.05, 4.69) is 35.5 Å². The highest BCUT2D eigenvalue weighted by molar-refractivity contribution is 7.99. The molecule has 17 heavy (non-hydrogen) atoms. The van der Waals surface area contributed by atoms with E-state index in [4.69, 9.17) is 5.11 Å². The molecule has 0 radical (unpaired) electrons. The Hall–Kier alpha value is -1.04. The van der Waals surface area contributed by atoms with Crippen LogP contribution in [0.4, 0.5) is 0 Å². The number of aliphatic carboxylic acids is 1. The standard InChI is InChI=1S/C11H19N3O2S/c1-5-8-12-13-10(17-7-9(15)16)14(8)11(3,4)6-2/h5-7H2,1-4H3,(H,15,16). The summed E-state index contributed by atoms with van der Waals surface area (Å²) in [6.07, 6.45) is 1.74. The van der Waals surface area contributed by atoms with Crippen LogP contribution in [0.1, 0.15) is 39.9 Å². The molecule has 0 unspecified atom stereocenters. The Bertz CT molecular complexity index is 401. The van der Waals surface area contributed by atoms with E-state index in [1.165, 1.54) is 11.8 Å². The van der Waals surface area contributed by atoms with Gasteiger partial charge in [-0.15, -0.1) is 10.2 Å². The molecule has 1 aromatic heterocycles. The molecule has 0 amide bonds. The number of aryl methyl sites for hydroxylation is 1. The van der Waals surface area contributed by atoms with E-state index in [-0.39, 0.29) is 11.3 Å². The first-order valence-electron chi connectivity index (χ1n) is 5.71. The molecule has 1 aromatic rings. The summed E-state index contributed by atoms with van der Waals surface area (Å²) >= 11 is 1.22. The van der Waals surface area contributed by atoms with Crippen LogP contribution in [0.2, 0.25) is 0 Å². The summed E-state index contributed by atoms with van der Waals surface area (Å²) in [5.41, 5.74) is -0.0876. The zero-order chi connectivity index (χ0) is 13.1. The second-order valence-electron chi connectivity index (χ2n) is 4.44. The van der Waals surface area contributed by atoms with Crippen LogP contribution < -0.4 is 0 Å². The Morgan fingerprint density at radius 2 is 2.06 bits per heavy atom. The fourth-order valence-corrected chi connectivity index (χ4v) is 2.35. The number of rotatable bonds is 6. The number of thioether (sulfide) groups is 1. The van der Waals surface area contributed by atoms with Gasteiger partial charge in [0.05, 0.1) is 5.75 Å². The van der Waals surface area contributed by atoms with E-state index in [9.17, 15) is 4.79 Å². The van der Waals surface area contributed by atoms with Crippen molar-refractivity contribution in [2.24, 2.45) is 0 Å². The first-order valence-corrected chi connectivity index (χ1v) is 6.70. The topological polar surface area (TPSA) is 68.0 Å². The van der Waals surface area contributed by atoms with E-state index in [0.717, 1.165) is 18.7 Å². The Balaban J connectivity index is 3.06. The van der Waals surface area contributed by atoms with Crippen LogP contribution in [-0.2, 0) is 16.8 Å². The maximum absolute atomic E-state index is 10.6. The van der Waals surface area contributed by atoms with Crippen LogP contribution in [0, 0.1) is 0 Å². The highest BCUT2D eigenvalue weighted by atomic mass is 32.2. The minimum Gasteiger partial charge on any atom is -0.481 e. The summed E-state index contributed by atoms with van der Waals surface area (Å²) in [6, 6.07) is 0. The van der Waals surface area contributed by atoms with Crippen molar-refractivity contribution in [1.29, 1.82) is 0 Å².